The normalized spacial score (nSPS) is 27.6. The summed E-state index contributed by atoms with van der Waals surface area (Å²) in [5, 5.41) is 4.75. The van der Waals surface area contributed by atoms with E-state index in [-0.39, 0.29) is 5.91 Å². The first-order chi connectivity index (χ1) is 13.6. The molecule has 3 atom stereocenters. The molecule has 3 unspecified atom stereocenters. The molecule has 3 nitrogen and oxygen atoms in total. The van der Waals surface area contributed by atoms with Crippen molar-refractivity contribution in [1.82, 2.24) is 9.88 Å². The van der Waals surface area contributed by atoms with Crippen molar-refractivity contribution in [3.63, 3.8) is 0 Å². The third-order valence-electron chi connectivity index (χ3n) is 7.94. The minimum absolute atomic E-state index is 0.205. The van der Waals surface area contributed by atoms with Gasteiger partial charge in [-0.15, -0.1) is 0 Å². The molecule has 0 radical (unpaired) electrons. The van der Waals surface area contributed by atoms with Gasteiger partial charge in [-0.25, -0.2) is 0 Å². The molecular formula is C25H34N2O. The summed E-state index contributed by atoms with van der Waals surface area (Å²) in [7, 11) is 0. The molecule has 2 bridgehead atoms. The van der Waals surface area contributed by atoms with Gasteiger partial charge in [0.05, 0.1) is 0 Å². The van der Waals surface area contributed by atoms with Crippen molar-refractivity contribution in [2.24, 2.45) is 11.8 Å². The average molecular weight is 379 g/mol. The van der Waals surface area contributed by atoms with Crippen molar-refractivity contribution in [1.29, 1.82) is 0 Å². The Kier molecular flexibility index (Phi) is 4.72. The van der Waals surface area contributed by atoms with Crippen LogP contribution in [-0.2, 0) is 17.8 Å². The van der Waals surface area contributed by atoms with Crippen LogP contribution in [0.15, 0.2) is 18.2 Å². The van der Waals surface area contributed by atoms with Crippen LogP contribution in [-0.4, -0.2) is 16.5 Å². The van der Waals surface area contributed by atoms with Gasteiger partial charge in [-0.2, -0.15) is 0 Å². The summed E-state index contributed by atoms with van der Waals surface area (Å²) in [6.45, 7) is 5.14. The molecule has 1 aromatic heterocycles. The maximum Gasteiger partial charge on any atom is 0.240 e. The summed E-state index contributed by atoms with van der Waals surface area (Å²) in [6.07, 6.45) is 11.3. The van der Waals surface area contributed by atoms with Gasteiger partial charge in [0.25, 0.3) is 0 Å². The van der Waals surface area contributed by atoms with Gasteiger partial charge in [0.15, 0.2) is 0 Å². The number of hydrogen-bond acceptors (Lipinski definition) is 1. The molecule has 3 heteroatoms. The van der Waals surface area contributed by atoms with Crippen LogP contribution in [0.1, 0.15) is 81.0 Å². The number of benzene rings is 1. The van der Waals surface area contributed by atoms with Crippen molar-refractivity contribution in [2.45, 2.75) is 90.1 Å². The summed E-state index contributed by atoms with van der Waals surface area (Å²) < 4.78 is 2.37. The number of aryl methyl sites for hydroxylation is 1. The first-order valence-electron chi connectivity index (χ1n) is 11.5. The molecule has 0 spiro atoms. The molecule has 0 saturated heterocycles. The minimum Gasteiger partial charge on any atom is -0.352 e. The number of carbonyl (C=O) groups is 1. The van der Waals surface area contributed by atoms with Gasteiger partial charge < -0.3 is 9.88 Å². The number of amides is 1. The van der Waals surface area contributed by atoms with E-state index in [1.807, 2.05) is 0 Å². The predicted octanol–water partition coefficient (Wildman–Crippen LogP) is 5.47. The fraction of sp³-hybridized carbons (Fsp3) is 0.640. The maximum absolute atomic E-state index is 13.0. The number of nitrogens with one attached hydrogen (secondary N) is 1. The van der Waals surface area contributed by atoms with Gasteiger partial charge >= 0.3 is 0 Å². The molecule has 3 aliphatic carbocycles. The molecule has 2 saturated carbocycles. The van der Waals surface area contributed by atoms with E-state index in [2.05, 4.69) is 41.9 Å². The van der Waals surface area contributed by atoms with Crippen molar-refractivity contribution in [3.05, 3.63) is 35.0 Å². The van der Waals surface area contributed by atoms with Gasteiger partial charge in [-0.3, -0.25) is 4.79 Å². The average Bonchev–Trinajstić information content (AvgIpc) is 2.95. The quantitative estimate of drug-likeness (QED) is 0.754. The standard InChI is InChI=1S/C25H34N2O/c1-16-11-12-22-21(13-16)25-20-10-6-7-18(17(20)2)14-23(25)27(22)15-24(28)26-19-8-4-3-5-9-19/h11-13,17-20H,3-10,14-15H2,1-2H3,(H,26,28). The highest BCUT2D eigenvalue weighted by atomic mass is 16.2. The Morgan fingerprint density at radius 1 is 1.11 bits per heavy atom. The maximum atomic E-state index is 13.0. The zero-order valence-electron chi connectivity index (χ0n) is 17.5. The van der Waals surface area contributed by atoms with Crippen LogP contribution in [0.25, 0.3) is 10.9 Å². The molecule has 5 rings (SSSR count). The van der Waals surface area contributed by atoms with Gasteiger partial charge in [-0.05, 0) is 74.5 Å². The first-order valence-corrected chi connectivity index (χ1v) is 11.5. The van der Waals surface area contributed by atoms with Crippen LogP contribution in [0.2, 0.25) is 0 Å². The van der Waals surface area contributed by atoms with Gasteiger partial charge in [-0.1, -0.05) is 44.2 Å². The summed E-state index contributed by atoms with van der Waals surface area (Å²) >= 11 is 0. The Morgan fingerprint density at radius 3 is 2.75 bits per heavy atom. The van der Waals surface area contributed by atoms with Crippen LogP contribution in [0.3, 0.4) is 0 Å². The van der Waals surface area contributed by atoms with Gasteiger partial charge in [0.1, 0.15) is 6.54 Å². The molecule has 2 fully saturated rings. The number of carbonyl (C=O) groups excluding carboxylic acids is 1. The molecule has 1 N–H and O–H groups in total. The molecule has 28 heavy (non-hydrogen) atoms. The van der Waals surface area contributed by atoms with Crippen LogP contribution in [0.5, 0.6) is 0 Å². The van der Waals surface area contributed by atoms with E-state index in [4.69, 9.17) is 0 Å². The zero-order valence-corrected chi connectivity index (χ0v) is 17.5. The van der Waals surface area contributed by atoms with Crippen LogP contribution in [0, 0.1) is 18.8 Å². The first kappa shape index (κ1) is 18.3. The van der Waals surface area contributed by atoms with Gasteiger partial charge in [0.2, 0.25) is 5.91 Å². The lowest BCUT2D eigenvalue weighted by Crippen LogP contribution is -2.39. The highest BCUT2D eigenvalue weighted by molar-refractivity contribution is 5.89. The molecule has 3 aliphatic rings. The molecular weight excluding hydrogens is 344 g/mol. The predicted molar refractivity (Wildman–Crippen MR) is 115 cm³/mol. The van der Waals surface area contributed by atoms with E-state index in [0.717, 1.165) is 31.1 Å². The smallest absolute Gasteiger partial charge is 0.240 e. The van der Waals surface area contributed by atoms with E-state index in [9.17, 15) is 4.79 Å². The fourth-order valence-electron chi connectivity index (χ4n) is 6.42. The van der Waals surface area contributed by atoms with Crippen molar-refractivity contribution < 1.29 is 4.79 Å². The van der Waals surface area contributed by atoms with Crippen molar-refractivity contribution in [3.8, 4) is 0 Å². The Balaban J connectivity index is 1.52. The Morgan fingerprint density at radius 2 is 1.93 bits per heavy atom. The second kappa shape index (κ2) is 7.24. The van der Waals surface area contributed by atoms with E-state index in [1.165, 1.54) is 60.7 Å². The third-order valence-corrected chi connectivity index (χ3v) is 7.94. The topological polar surface area (TPSA) is 34.0 Å². The minimum atomic E-state index is 0.205. The SMILES string of the molecule is Cc1ccc2c(c1)c1c(n2CC(=O)NC2CCCCC2)CC2CCCC1C2C. The lowest BCUT2D eigenvalue weighted by Gasteiger charge is -2.41. The summed E-state index contributed by atoms with van der Waals surface area (Å²) in [6, 6.07) is 7.22. The highest BCUT2D eigenvalue weighted by Gasteiger charge is 2.40. The molecule has 1 amide bonds. The van der Waals surface area contributed by atoms with Crippen LogP contribution in [0.4, 0.5) is 0 Å². The molecule has 1 heterocycles. The molecule has 150 valence electrons. The fourth-order valence-corrected chi connectivity index (χ4v) is 6.42. The highest BCUT2D eigenvalue weighted by Crippen LogP contribution is 2.51. The number of hydrogen-bond donors (Lipinski definition) is 1. The number of nitrogens with zero attached hydrogens (tertiary/aromatic N) is 1. The van der Waals surface area contributed by atoms with E-state index >= 15 is 0 Å². The number of fused-ring (bicyclic) bond motifs is 6. The Bertz CT molecular complexity index is 890. The Labute approximate surface area is 168 Å². The lowest BCUT2D eigenvalue weighted by atomic mass is 9.64. The van der Waals surface area contributed by atoms with Gasteiger partial charge in [0, 0.05) is 22.6 Å². The largest absolute Gasteiger partial charge is 0.352 e. The lowest BCUT2D eigenvalue weighted by molar-refractivity contribution is -0.122. The monoisotopic (exact) mass is 378 g/mol. The summed E-state index contributed by atoms with van der Waals surface area (Å²) in [4.78, 5) is 13.0. The van der Waals surface area contributed by atoms with Crippen LogP contribution < -0.4 is 5.32 Å². The summed E-state index contributed by atoms with van der Waals surface area (Å²) in [5.41, 5.74) is 5.64. The zero-order chi connectivity index (χ0) is 19.3. The van der Waals surface area contributed by atoms with Crippen molar-refractivity contribution in [2.75, 3.05) is 0 Å². The van der Waals surface area contributed by atoms with Crippen LogP contribution >= 0.6 is 0 Å². The number of aromatic nitrogens is 1. The molecule has 2 aromatic rings. The second-order valence-electron chi connectivity index (χ2n) is 9.73. The van der Waals surface area contributed by atoms with E-state index in [0.29, 0.717) is 18.5 Å². The third kappa shape index (κ3) is 3.07. The summed E-state index contributed by atoms with van der Waals surface area (Å²) in [5.74, 6) is 2.44. The van der Waals surface area contributed by atoms with E-state index < -0.39 is 0 Å². The Hall–Kier alpha value is -1.77. The van der Waals surface area contributed by atoms with E-state index in [1.54, 1.807) is 5.56 Å². The second-order valence-corrected chi connectivity index (χ2v) is 9.73. The molecule has 0 aliphatic heterocycles. The van der Waals surface area contributed by atoms with Crippen molar-refractivity contribution >= 4 is 16.8 Å². The molecule has 1 aromatic carbocycles. The number of rotatable bonds is 3.